The molecule has 0 spiro atoms. The normalized spacial score (nSPS) is 17.5. The second kappa shape index (κ2) is 9.23. The molecule has 0 unspecified atom stereocenters. The third-order valence-electron chi connectivity index (χ3n) is 4.44. The number of likely N-dealkylation sites (tertiary alicyclic amines) is 1. The number of hydrogen-bond donors (Lipinski definition) is 2. The summed E-state index contributed by atoms with van der Waals surface area (Å²) >= 11 is 1.76. The van der Waals surface area contributed by atoms with Gasteiger partial charge in [0.25, 0.3) is 0 Å². The highest BCUT2D eigenvalue weighted by atomic mass is 32.1. The van der Waals surface area contributed by atoms with Crippen LogP contribution in [0, 0.1) is 19.8 Å². The zero-order valence-electron chi connectivity index (χ0n) is 15.0. The van der Waals surface area contributed by atoms with Gasteiger partial charge in [-0.15, -0.1) is 11.3 Å². The minimum atomic E-state index is 0.758. The Labute approximate surface area is 144 Å². The highest BCUT2D eigenvalue weighted by molar-refractivity contribution is 7.11. The van der Waals surface area contributed by atoms with Crippen molar-refractivity contribution >= 4 is 17.3 Å². The average Bonchev–Trinajstić information content (AvgIpc) is 2.87. The van der Waals surface area contributed by atoms with Crippen LogP contribution in [0.1, 0.15) is 41.8 Å². The minimum absolute atomic E-state index is 0.758. The molecule has 5 nitrogen and oxygen atoms in total. The van der Waals surface area contributed by atoms with Crippen molar-refractivity contribution in [3.8, 4) is 0 Å². The minimum Gasteiger partial charge on any atom is -0.356 e. The second-order valence-electron chi connectivity index (χ2n) is 6.33. The SMILES string of the molecule is CCCN1CCC(CNC(=NC)NCc2sc(C)nc2C)CC1. The first-order valence-electron chi connectivity index (χ1n) is 8.72. The van der Waals surface area contributed by atoms with E-state index in [-0.39, 0.29) is 0 Å². The molecule has 1 aliphatic rings. The monoisotopic (exact) mass is 337 g/mol. The van der Waals surface area contributed by atoms with Crippen molar-refractivity contribution in [2.24, 2.45) is 10.9 Å². The summed E-state index contributed by atoms with van der Waals surface area (Å²) in [4.78, 5) is 12.7. The molecule has 0 radical (unpaired) electrons. The van der Waals surface area contributed by atoms with Crippen LogP contribution in [0.5, 0.6) is 0 Å². The van der Waals surface area contributed by atoms with Crippen molar-refractivity contribution in [2.45, 2.75) is 46.6 Å². The quantitative estimate of drug-likeness (QED) is 0.619. The van der Waals surface area contributed by atoms with E-state index in [1.807, 2.05) is 7.05 Å². The van der Waals surface area contributed by atoms with E-state index >= 15 is 0 Å². The highest BCUT2D eigenvalue weighted by Gasteiger charge is 2.18. The molecule has 2 N–H and O–H groups in total. The molecule has 1 fully saturated rings. The number of guanidine groups is 1. The number of nitrogens with one attached hydrogen (secondary N) is 2. The van der Waals surface area contributed by atoms with Crippen molar-refractivity contribution in [1.29, 1.82) is 0 Å². The first kappa shape index (κ1) is 18.2. The molecule has 0 saturated carbocycles. The molecule has 0 aromatic carbocycles. The summed E-state index contributed by atoms with van der Waals surface area (Å²) in [6.45, 7) is 11.9. The molecule has 0 amide bonds. The molecule has 2 rings (SSSR count). The van der Waals surface area contributed by atoms with Crippen LogP contribution in [0.15, 0.2) is 4.99 Å². The Morgan fingerprint density at radius 3 is 2.61 bits per heavy atom. The number of thiazole rings is 1. The van der Waals surface area contributed by atoms with Gasteiger partial charge in [0.15, 0.2) is 5.96 Å². The molecule has 0 aliphatic carbocycles. The van der Waals surface area contributed by atoms with Gasteiger partial charge in [0.1, 0.15) is 0 Å². The summed E-state index contributed by atoms with van der Waals surface area (Å²) in [5.74, 6) is 1.65. The van der Waals surface area contributed by atoms with Gasteiger partial charge >= 0.3 is 0 Å². The summed E-state index contributed by atoms with van der Waals surface area (Å²) < 4.78 is 0. The Hall–Kier alpha value is -1.14. The average molecular weight is 338 g/mol. The summed E-state index contributed by atoms with van der Waals surface area (Å²) in [5.41, 5.74) is 1.12. The second-order valence-corrected chi connectivity index (χ2v) is 7.62. The predicted molar refractivity (Wildman–Crippen MR) is 99.2 cm³/mol. The van der Waals surface area contributed by atoms with Gasteiger partial charge in [-0.2, -0.15) is 0 Å². The highest BCUT2D eigenvalue weighted by Crippen LogP contribution is 2.17. The van der Waals surface area contributed by atoms with Gasteiger partial charge in [-0.1, -0.05) is 6.92 Å². The maximum Gasteiger partial charge on any atom is 0.191 e. The maximum absolute atomic E-state index is 4.47. The smallest absolute Gasteiger partial charge is 0.191 e. The molecule has 2 heterocycles. The lowest BCUT2D eigenvalue weighted by atomic mass is 9.97. The fraction of sp³-hybridized carbons (Fsp3) is 0.765. The zero-order valence-corrected chi connectivity index (χ0v) is 15.8. The van der Waals surface area contributed by atoms with Crippen molar-refractivity contribution < 1.29 is 0 Å². The van der Waals surface area contributed by atoms with Crippen molar-refractivity contribution in [2.75, 3.05) is 33.2 Å². The first-order chi connectivity index (χ1) is 11.1. The van der Waals surface area contributed by atoms with Gasteiger partial charge < -0.3 is 15.5 Å². The van der Waals surface area contributed by atoms with E-state index in [0.29, 0.717) is 0 Å². The van der Waals surface area contributed by atoms with E-state index in [9.17, 15) is 0 Å². The number of aromatic nitrogens is 1. The molecule has 130 valence electrons. The van der Waals surface area contributed by atoms with Crippen LogP contribution in [0.2, 0.25) is 0 Å². The number of aliphatic imine (C=N–C) groups is 1. The van der Waals surface area contributed by atoms with Gasteiger partial charge in [-0.3, -0.25) is 4.99 Å². The van der Waals surface area contributed by atoms with E-state index in [4.69, 9.17) is 0 Å². The number of rotatable bonds is 6. The van der Waals surface area contributed by atoms with Crippen LogP contribution in [0.25, 0.3) is 0 Å². The van der Waals surface area contributed by atoms with Crippen LogP contribution < -0.4 is 10.6 Å². The van der Waals surface area contributed by atoms with Gasteiger partial charge in [-0.05, 0) is 58.7 Å². The van der Waals surface area contributed by atoms with Crippen molar-refractivity contribution in [3.05, 3.63) is 15.6 Å². The van der Waals surface area contributed by atoms with E-state index < -0.39 is 0 Å². The zero-order chi connectivity index (χ0) is 16.7. The Balaban J connectivity index is 1.70. The third kappa shape index (κ3) is 5.77. The van der Waals surface area contributed by atoms with E-state index in [2.05, 4.69) is 46.3 Å². The molecular weight excluding hydrogens is 306 g/mol. The molecular formula is C17H31N5S. The topological polar surface area (TPSA) is 52.5 Å². The van der Waals surface area contributed by atoms with Gasteiger partial charge in [0, 0.05) is 18.5 Å². The lowest BCUT2D eigenvalue weighted by Crippen LogP contribution is -2.42. The molecule has 1 saturated heterocycles. The van der Waals surface area contributed by atoms with Crippen molar-refractivity contribution in [1.82, 2.24) is 20.5 Å². The lowest BCUT2D eigenvalue weighted by molar-refractivity contribution is 0.185. The van der Waals surface area contributed by atoms with Crippen LogP contribution in [0.4, 0.5) is 0 Å². The Morgan fingerprint density at radius 2 is 2.04 bits per heavy atom. The number of nitrogens with zero attached hydrogens (tertiary/aromatic N) is 3. The molecule has 1 aromatic heterocycles. The fourth-order valence-electron chi connectivity index (χ4n) is 3.09. The summed E-state index contributed by atoms with van der Waals surface area (Å²) in [6, 6.07) is 0. The molecule has 0 atom stereocenters. The molecule has 0 bridgehead atoms. The lowest BCUT2D eigenvalue weighted by Gasteiger charge is -2.32. The fourth-order valence-corrected chi connectivity index (χ4v) is 3.97. The van der Waals surface area contributed by atoms with Gasteiger partial charge in [0.05, 0.1) is 17.2 Å². The van der Waals surface area contributed by atoms with Crippen LogP contribution in [-0.4, -0.2) is 49.1 Å². The van der Waals surface area contributed by atoms with Crippen LogP contribution in [0.3, 0.4) is 0 Å². The van der Waals surface area contributed by atoms with E-state index in [1.54, 1.807) is 11.3 Å². The number of piperidine rings is 1. The predicted octanol–water partition coefficient (Wildman–Crippen LogP) is 2.55. The Morgan fingerprint density at radius 1 is 1.30 bits per heavy atom. The third-order valence-corrected chi connectivity index (χ3v) is 5.52. The standard InChI is InChI=1S/C17H31N5S/c1-5-8-22-9-6-15(7-10-22)11-19-17(18-4)20-12-16-13(2)21-14(3)23-16/h15H,5-12H2,1-4H3,(H2,18,19,20). The number of hydrogen-bond acceptors (Lipinski definition) is 4. The van der Waals surface area contributed by atoms with Crippen LogP contribution in [-0.2, 0) is 6.54 Å². The molecule has 23 heavy (non-hydrogen) atoms. The molecule has 6 heteroatoms. The largest absolute Gasteiger partial charge is 0.356 e. The van der Waals surface area contributed by atoms with Gasteiger partial charge in [0.2, 0.25) is 0 Å². The Kier molecular flexibility index (Phi) is 7.30. The van der Waals surface area contributed by atoms with E-state index in [0.717, 1.165) is 35.7 Å². The summed E-state index contributed by atoms with van der Waals surface area (Å²) in [7, 11) is 1.84. The van der Waals surface area contributed by atoms with Crippen molar-refractivity contribution in [3.63, 3.8) is 0 Å². The molecule has 1 aliphatic heterocycles. The van der Waals surface area contributed by atoms with Crippen LogP contribution >= 0.6 is 11.3 Å². The first-order valence-corrected chi connectivity index (χ1v) is 9.53. The Bertz CT molecular complexity index is 503. The maximum atomic E-state index is 4.47. The summed E-state index contributed by atoms with van der Waals surface area (Å²) in [6.07, 6.45) is 3.84. The summed E-state index contributed by atoms with van der Waals surface area (Å²) in [5, 5.41) is 8.02. The van der Waals surface area contributed by atoms with Gasteiger partial charge in [-0.25, -0.2) is 4.98 Å². The number of aryl methyl sites for hydroxylation is 2. The molecule has 1 aromatic rings. The van der Waals surface area contributed by atoms with E-state index in [1.165, 1.54) is 43.8 Å².